The molecule has 0 spiro atoms. The van der Waals surface area contributed by atoms with E-state index in [4.69, 9.17) is 0 Å². The maximum atomic E-state index is 2.36. The van der Waals surface area contributed by atoms with Crippen LogP contribution in [0, 0.1) is 0 Å². The Bertz CT molecular complexity index is 315. The summed E-state index contributed by atoms with van der Waals surface area (Å²) in [7, 11) is 0. The van der Waals surface area contributed by atoms with Gasteiger partial charge < -0.3 is 0 Å². The van der Waals surface area contributed by atoms with E-state index in [-0.39, 0.29) is 0 Å². The first-order valence-corrected chi connectivity index (χ1v) is 10.8. The second-order valence-corrected chi connectivity index (χ2v) is 7.80. The minimum absolute atomic E-state index is 0.845. The summed E-state index contributed by atoms with van der Waals surface area (Å²) in [5.41, 5.74) is 0. The molecular formula is C21H38S. The number of thiophene rings is 1. The van der Waals surface area contributed by atoms with E-state index in [9.17, 15) is 0 Å². The zero-order valence-electron chi connectivity index (χ0n) is 15.1. The summed E-state index contributed by atoms with van der Waals surface area (Å²) in [4.78, 5) is 1.64. The van der Waals surface area contributed by atoms with Crippen LogP contribution >= 0.6 is 11.3 Å². The van der Waals surface area contributed by atoms with Crippen LogP contribution in [-0.2, 0) is 0 Å². The molecule has 1 heterocycles. The Hall–Kier alpha value is -0.300. The van der Waals surface area contributed by atoms with Gasteiger partial charge in [0.1, 0.15) is 0 Å². The molecule has 0 aliphatic carbocycles. The molecule has 0 aliphatic heterocycles. The van der Waals surface area contributed by atoms with Crippen LogP contribution in [-0.4, -0.2) is 0 Å². The second kappa shape index (κ2) is 14.3. The lowest BCUT2D eigenvalue weighted by molar-refractivity contribution is 0.491. The third-order valence-electron chi connectivity index (χ3n) is 4.76. The van der Waals surface area contributed by atoms with Crippen molar-refractivity contribution in [1.29, 1.82) is 0 Å². The Morgan fingerprint density at radius 2 is 1.23 bits per heavy atom. The van der Waals surface area contributed by atoms with Crippen molar-refractivity contribution in [3.8, 4) is 0 Å². The van der Waals surface area contributed by atoms with Crippen molar-refractivity contribution in [2.24, 2.45) is 0 Å². The fraction of sp³-hybridized carbons (Fsp3) is 0.810. The van der Waals surface area contributed by atoms with E-state index in [1.54, 1.807) is 4.88 Å². The Labute approximate surface area is 143 Å². The highest BCUT2D eigenvalue weighted by molar-refractivity contribution is 7.10. The summed E-state index contributed by atoms with van der Waals surface area (Å²) in [6.07, 6.45) is 19.9. The fourth-order valence-corrected chi connectivity index (χ4v) is 4.19. The van der Waals surface area contributed by atoms with Crippen LogP contribution in [0.25, 0.3) is 0 Å². The lowest BCUT2D eigenvalue weighted by Crippen LogP contribution is -1.97. The lowest BCUT2D eigenvalue weighted by atomic mass is 9.93. The highest BCUT2D eigenvalue weighted by atomic mass is 32.1. The van der Waals surface area contributed by atoms with E-state index in [1.807, 2.05) is 11.3 Å². The molecule has 0 aliphatic rings. The van der Waals surface area contributed by atoms with E-state index in [0.29, 0.717) is 0 Å². The van der Waals surface area contributed by atoms with Crippen molar-refractivity contribution in [2.75, 3.05) is 0 Å². The average Bonchev–Trinajstić information content (AvgIpc) is 3.06. The summed E-state index contributed by atoms with van der Waals surface area (Å²) in [5, 5.41) is 2.25. The molecule has 1 aromatic rings. The SMILES string of the molecule is CCCCCCCCCC(CCCCCCC)c1cccs1. The average molecular weight is 323 g/mol. The quantitative estimate of drug-likeness (QED) is 0.285. The van der Waals surface area contributed by atoms with Crippen LogP contribution in [0.4, 0.5) is 0 Å². The van der Waals surface area contributed by atoms with E-state index >= 15 is 0 Å². The molecule has 22 heavy (non-hydrogen) atoms. The maximum absolute atomic E-state index is 2.36. The third-order valence-corrected chi connectivity index (χ3v) is 5.79. The number of rotatable bonds is 15. The van der Waals surface area contributed by atoms with Crippen LogP contribution < -0.4 is 0 Å². The Morgan fingerprint density at radius 3 is 1.68 bits per heavy atom. The molecule has 1 unspecified atom stereocenters. The van der Waals surface area contributed by atoms with Gasteiger partial charge in [-0.15, -0.1) is 11.3 Å². The molecule has 1 atom stereocenters. The van der Waals surface area contributed by atoms with Crippen molar-refractivity contribution < 1.29 is 0 Å². The van der Waals surface area contributed by atoms with Crippen molar-refractivity contribution in [2.45, 2.75) is 110 Å². The lowest BCUT2D eigenvalue weighted by Gasteiger charge is -2.15. The molecule has 0 amide bonds. The highest BCUT2D eigenvalue weighted by Gasteiger charge is 2.12. The topological polar surface area (TPSA) is 0 Å². The summed E-state index contributed by atoms with van der Waals surface area (Å²) in [6.45, 7) is 4.60. The van der Waals surface area contributed by atoms with Gasteiger partial charge in [0.2, 0.25) is 0 Å². The van der Waals surface area contributed by atoms with Gasteiger partial charge in [-0.05, 0) is 30.2 Å². The Morgan fingerprint density at radius 1 is 0.727 bits per heavy atom. The molecule has 0 bridgehead atoms. The minimum Gasteiger partial charge on any atom is -0.149 e. The molecule has 0 nitrogen and oxygen atoms in total. The van der Waals surface area contributed by atoms with Crippen molar-refractivity contribution in [3.05, 3.63) is 22.4 Å². The van der Waals surface area contributed by atoms with Crippen LogP contribution in [0.5, 0.6) is 0 Å². The summed E-state index contributed by atoms with van der Waals surface area (Å²) in [6, 6.07) is 4.59. The molecule has 1 aromatic heterocycles. The molecule has 0 saturated carbocycles. The molecule has 0 aromatic carbocycles. The van der Waals surface area contributed by atoms with Gasteiger partial charge in [-0.3, -0.25) is 0 Å². The molecule has 0 N–H and O–H groups in total. The summed E-state index contributed by atoms with van der Waals surface area (Å²) >= 11 is 1.97. The van der Waals surface area contributed by atoms with Crippen molar-refractivity contribution in [3.63, 3.8) is 0 Å². The number of hydrogen-bond donors (Lipinski definition) is 0. The fourth-order valence-electron chi connectivity index (χ4n) is 3.29. The summed E-state index contributed by atoms with van der Waals surface area (Å²) in [5.74, 6) is 0.845. The molecule has 0 fully saturated rings. The molecule has 0 radical (unpaired) electrons. The molecule has 1 heteroatoms. The van der Waals surface area contributed by atoms with Gasteiger partial charge in [-0.1, -0.05) is 97.0 Å². The van der Waals surface area contributed by atoms with Crippen LogP contribution in [0.2, 0.25) is 0 Å². The van der Waals surface area contributed by atoms with Crippen LogP contribution in [0.15, 0.2) is 17.5 Å². The van der Waals surface area contributed by atoms with Gasteiger partial charge in [0.25, 0.3) is 0 Å². The highest BCUT2D eigenvalue weighted by Crippen LogP contribution is 2.31. The minimum atomic E-state index is 0.845. The van der Waals surface area contributed by atoms with E-state index in [2.05, 4.69) is 31.4 Å². The zero-order valence-corrected chi connectivity index (χ0v) is 15.9. The van der Waals surface area contributed by atoms with Crippen molar-refractivity contribution >= 4 is 11.3 Å². The normalized spacial score (nSPS) is 12.6. The molecule has 0 saturated heterocycles. The van der Waals surface area contributed by atoms with Gasteiger partial charge in [0.15, 0.2) is 0 Å². The van der Waals surface area contributed by atoms with Crippen molar-refractivity contribution in [1.82, 2.24) is 0 Å². The van der Waals surface area contributed by atoms with Gasteiger partial charge >= 0.3 is 0 Å². The zero-order chi connectivity index (χ0) is 15.9. The van der Waals surface area contributed by atoms with Gasteiger partial charge in [0.05, 0.1) is 0 Å². The number of unbranched alkanes of at least 4 members (excludes halogenated alkanes) is 10. The third kappa shape index (κ3) is 9.66. The van der Waals surface area contributed by atoms with Gasteiger partial charge in [0, 0.05) is 4.88 Å². The van der Waals surface area contributed by atoms with Gasteiger partial charge in [-0.25, -0.2) is 0 Å². The largest absolute Gasteiger partial charge is 0.149 e. The summed E-state index contributed by atoms with van der Waals surface area (Å²) < 4.78 is 0. The molecule has 1 rings (SSSR count). The Kier molecular flexibility index (Phi) is 12.8. The van der Waals surface area contributed by atoms with E-state index in [0.717, 1.165) is 5.92 Å². The monoisotopic (exact) mass is 322 g/mol. The van der Waals surface area contributed by atoms with Gasteiger partial charge in [-0.2, -0.15) is 0 Å². The smallest absolute Gasteiger partial charge is 0.00761 e. The standard InChI is InChI=1S/C21H38S/c1-3-5-7-9-10-12-14-17-20(21-18-15-19-22-21)16-13-11-8-6-4-2/h15,18-20H,3-14,16-17H2,1-2H3. The Balaban J connectivity index is 2.16. The van der Waals surface area contributed by atoms with E-state index in [1.165, 1.54) is 89.9 Å². The second-order valence-electron chi connectivity index (χ2n) is 6.83. The van der Waals surface area contributed by atoms with Crippen LogP contribution in [0.1, 0.15) is 115 Å². The van der Waals surface area contributed by atoms with E-state index < -0.39 is 0 Å². The molecule has 128 valence electrons. The predicted octanol–water partition coefficient (Wildman–Crippen LogP) is 8.33. The first-order chi connectivity index (χ1) is 10.9. The first kappa shape index (κ1) is 19.7. The van der Waals surface area contributed by atoms with Crippen LogP contribution in [0.3, 0.4) is 0 Å². The first-order valence-electron chi connectivity index (χ1n) is 9.91. The maximum Gasteiger partial charge on any atom is 0.00761 e. The number of hydrogen-bond acceptors (Lipinski definition) is 1. The molecular weight excluding hydrogens is 284 g/mol. The predicted molar refractivity (Wildman–Crippen MR) is 103 cm³/mol.